The molecule has 0 bridgehead atoms. The summed E-state index contributed by atoms with van der Waals surface area (Å²) in [5, 5.41) is 3.00. The average molecular weight is 317 g/mol. The van der Waals surface area contributed by atoms with Gasteiger partial charge in [0.1, 0.15) is 0 Å². The molecule has 1 aliphatic carbocycles. The van der Waals surface area contributed by atoms with Crippen LogP contribution < -0.4 is 11.1 Å². The van der Waals surface area contributed by atoms with Crippen LogP contribution in [0.5, 0.6) is 0 Å². The van der Waals surface area contributed by atoms with Crippen LogP contribution in [0, 0.1) is 0 Å². The van der Waals surface area contributed by atoms with E-state index in [4.69, 9.17) is 10.5 Å². The van der Waals surface area contributed by atoms with Crippen molar-refractivity contribution in [3.8, 4) is 0 Å². The first-order chi connectivity index (χ1) is 11.2. The Bertz CT molecular complexity index is 514. The summed E-state index contributed by atoms with van der Waals surface area (Å²) in [5.41, 5.74) is 6.84. The number of amides is 1. The van der Waals surface area contributed by atoms with Crippen molar-refractivity contribution >= 4 is 5.91 Å². The number of carbonyl (C=O) groups excluding carboxylic acids is 1. The largest absolute Gasteiger partial charge is 0.374 e. The van der Waals surface area contributed by atoms with Gasteiger partial charge in [0.15, 0.2) is 0 Å². The van der Waals surface area contributed by atoms with Gasteiger partial charge in [-0.25, -0.2) is 0 Å². The number of hydrogen-bond donors (Lipinski definition) is 2. The maximum atomic E-state index is 12.3. The molecule has 2 aliphatic rings. The van der Waals surface area contributed by atoms with E-state index in [2.05, 4.69) is 34.5 Å². The van der Waals surface area contributed by atoms with Gasteiger partial charge in [0, 0.05) is 26.2 Å². The van der Waals surface area contributed by atoms with Gasteiger partial charge in [-0.1, -0.05) is 43.2 Å². The Morgan fingerprint density at radius 2 is 2.04 bits per heavy atom. The minimum atomic E-state index is -0.654. The molecule has 1 atom stereocenters. The SMILES string of the molecule is NC1(C(=O)NCC2CN(Cc3ccccc3)CCO2)CCCC1. The molecule has 1 amide bonds. The van der Waals surface area contributed by atoms with E-state index in [1.807, 2.05) is 6.07 Å². The standard InChI is InChI=1S/C18H27N3O2/c19-18(8-4-5-9-18)17(22)20-12-16-14-21(10-11-23-16)13-15-6-2-1-3-7-15/h1-3,6-7,16H,4-5,8-14,19H2,(H,20,22). The van der Waals surface area contributed by atoms with Crippen LogP contribution in [0.4, 0.5) is 0 Å². The summed E-state index contributed by atoms with van der Waals surface area (Å²) in [7, 11) is 0. The van der Waals surface area contributed by atoms with E-state index >= 15 is 0 Å². The highest BCUT2D eigenvalue weighted by molar-refractivity contribution is 5.86. The zero-order valence-corrected chi connectivity index (χ0v) is 13.7. The summed E-state index contributed by atoms with van der Waals surface area (Å²) in [4.78, 5) is 14.7. The zero-order valence-electron chi connectivity index (χ0n) is 13.7. The Hall–Kier alpha value is -1.43. The Kier molecular flexibility index (Phi) is 5.30. The van der Waals surface area contributed by atoms with Crippen molar-refractivity contribution in [2.45, 2.75) is 43.9 Å². The number of ether oxygens (including phenoxy) is 1. The van der Waals surface area contributed by atoms with E-state index in [1.165, 1.54) is 5.56 Å². The maximum Gasteiger partial charge on any atom is 0.240 e. The lowest BCUT2D eigenvalue weighted by Gasteiger charge is -2.33. The number of morpholine rings is 1. The van der Waals surface area contributed by atoms with E-state index < -0.39 is 5.54 Å². The van der Waals surface area contributed by atoms with Crippen LogP contribution in [-0.4, -0.2) is 48.7 Å². The van der Waals surface area contributed by atoms with Gasteiger partial charge in [0.25, 0.3) is 0 Å². The molecular weight excluding hydrogens is 290 g/mol. The second-order valence-electron chi connectivity index (χ2n) is 6.79. The Morgan fingerprint density at radius 3 is 2.78 bits per heavy atom. The second kappa shape index (κ2) is 7.43. The normalized spacial score (nSPS) is 24.5. The molecule has 1 saturated heterocycles. The number of rotatable bonds is 5. The van der Waals surface area contributed by atoms with Gasteiger partial charge >= 0.3 is 0 Å². The molecule has 2 fully saturated rings. The third-order valence-electron chi connectivity index (χ3n) is 4.91. The fourth-order valence-electron chi connectivity index (χ4n) is 3.50. The smallest absolute Gasteiger partial charge is 0.240 e. The van der Waals surface area contributed by atoms with E-state index in [0.717, 1.165) is 45.3 Å². The second-order valence-corrected chi connectivity index (χ2v) is 6.79. The highest BCUT2D eigenvalue weighted by Crippen LogP contribution is 2.27. The molecule has 0 aromatic heterocycles. The monoisotopic (exact) mass is 317 g/mol. The first kappa shape index (κ1) is 16.4. The summed E-state index contributed by atoms with van der Waals surface area (Å²) in [6.45, 7) is 3.95. The predicted molar refractivity (Wildman–Crippen MR) is 89.9 cm³/mol. The molecule has 3 rings (SSSR count). The number of carbonyl (C=O) groups is 1. The molecule has 1 heterocycles. The van der Waals surface area contributed by atoms with Gasteiger partial charge in [0.2, 0.25) is 5.91 Å². The third-order valence-corrected chi connectivity index (χ3v) is 4.91. The van der Waals surface area contributed by atoms with Crippen molar-refractivity contribution in [2.24, 2.45) is 5.73 Å². The fourth-order valence-corrected chi connectivity index (χ4v) is 3.50. The van der Waals surface area contributed by atoms with Gasteiger partial charge in [-0.2, -0.15) is 0 Å². The Morgan fingerprint density at radius 1 is 1.30 bits per heavy atom. The summed E-state index contributed by atoms with van der Waals surface area (Å²) >= 11 is 0. The summed E-state index contributed by atoms with van der Waals surface area (Å²) < 4.78 is 5.79. The first-order valence-corrected chi connectivity index (χ1v) is 8.61. The number of nitrogens with one attached hydrogen (secondary N) is 1. The fraction of sp³-hybridized carbons (Fsp3) is 0.611. The minimum Gasteiger partial charge on any atom is -0.374 e. The molecule has 5 nitrogen and oxygen atoms in total. The van der Waals surface area contributed by atoms with Crippen LogP contribution in [0.2, 0.25) is 0 Å². The lowest BCUT2D eigenvalue weighted by molar-refractivity contribution is -0.127. The van der Waals surface area contributed by atoms with Crippen molar-refractivity contribution in [3.63, 3.8) is 0 Å². The van der Waals surface area contributed by atoms with E-state index in [0.29, 0.717) is 13.2 Å². The Labute approximate surface area is 138 Å². The van der Waals surface area contributed by atoms with Gasteiger partial charge in [-0.15, -0.1) is 0 Å². The predicted octanol–water partition coefficient (Wildman–Crippen LogP) is 1.28. The van der Waals surface area contributed by atoms with E-state index in [1.54, 1.807) is 0 Å². The molecule has 0 radical (unpaired) electrons. The third kappa shape index (κ3) is 4.31. The molecule has 126 valence electrons. The van der Waals surface area contributed by atoms with Gasteiger partial charge in [0.05, 0.1) is 18.2 Å². The number of benzene rings is 1. The highest BCUT2D eigenvalue weighted by Gasteiger charge is 2.37. The van der Waals surface area contributed by atoms with Crippen LogP contribution in [0.1, 0.15) is 31.2 Å². The van der Waals surface area contributed by atoms with E-state index in [-0.39, 0.29) is 12.0 Å². The lowest BCUT2D eigenvalue weighted by Crippen LogP contribution is -2.55. The Balaban J connectivity index is 1.46. The van der Waals surface area contributed by atoms with Crippen molar-refractivity contribution in [2.75, 3.05) is 26.2 Å². The highest BCUT2D eigenvalue weighted by atomic mass is 16.5. The van der Waals surface area contributed by atoms with Crippen molar-refractivity contribution in [3.05, 3.63) is 35.9 Å². The molecule has 0 spiro atoms. The average Bonchev–Trinajstić information content (AvgIpc) is 3.02. The molecule has 1 aromatic carbocycles. The van der Waals surface area contributed by atoms with Crippen LogP contribution in [0.25, 0.3) is 0 Å². The molecule has 23 heavy (non-hydrogen) atoms. The molecule has 1 saturated carbocycles. The quantitative estimate of drug-likeness (QED) is 0.858. The van der Waals surface area contributed by atoms with Crippen molar-refractivity contribution < 1.29 is 9.53 Å². The van der Waals surface area contributed by atoms with E-state index in [9.17, 15) is 4.79 Å². The van der Waals surface area contributed by atoms with Crippen molar-refractivity contribution in [1.29, 1.82) is 0 Å². The van der Waals surface area contributed by atoms with Gasteiger partial charge < -0.3 is 15.8 Å². The number of nitrogens with zero attached hydrogens (tertiary/aromatic N) is 1. The molecule has 1 aliphatic heterocycles. The summed E-state index contributed by atoms with van der Waals surface area (Å²) in [6.07, 6.45) is 3.74. The number of hydrogen-bond acceptors (Lipinski definition) is 4. The molecule has 1 aromatic rings. The minimum absolute atomic E-state index is 0.0150. The van der Waals surface area contributed by atoms with Crippen LogP contribution >= 0.6 is 0 Å². The lowest BCUT2D eigenvalue weighted by atomic mass is 9.98. The zero-order chi connectivity index (χ0) is 16.1. The molecule has 3 N–H and O–H groups in total. The molecule has 1 unspecified atom stereocenters. The first-order valence-electron chi connectivity index (χ1n) is 8.61. The van der Waals surface area contributed by atoms with Crippen LogP contribution in [0.15, 0.2) is 30.3 Å². The molecule has 5 heteroatoms. The van der Waals surface area contributed by atoms with Gasteiger partial charge in [-0.3, -0.25) is 9.69 Å². The molecular formula is C18H27N3O2. The van der Waals surface area contributed by atoms with Crippen LogP contribution in [-0.2, 0) is 16.1 Å². The summed E-state index contributed by atoms with van der Waals surface area (Å²) in [5.74, 6) is -0.0150. The summed E-state index contributed by atoms with van der Waals surface area (Å²) in [6, 6.07) is 10.5. The van der Waals surface area contributed by atoms with Gasteiger partial charge in [-0.05, 0) is 18.4 Å². The van der Waals surface area contributed by atoms with Crippen LogP contribution in [0.3, 0.4) is 0 Å². The topological polar surface area (TPSA) is 67.6 Å². The number of nitrogens with two attached hydrogens (primary N) is 1. The maximum absolute atomic E-state index is 12.3. The van der Waals surface area contributed by atoms with Crippen molar-refractivity contribution in [1.82, 2.24) is 10.2 Å².